The van der Waals surface area contributed by atoms with E-state index < -0.39 is 15.7 Å². The molecule has 0 heterocycles. The Morgan fingerprint density at radius 1 is 1.21 bits per heavy atom. The molecule has 0 unspecified atom stereocenters. The number of carbonyl (C=O) groups excluding carboxylic acids is 1. The molecule has 0 radical (unpaired) electrons. The van der Waals surface area contributed by atoms with Crippen LogP contribution in [0.2, 0.25) is 0 Å². The predicted octanol–water partition coefficient (Wildman–Crippen LogP) is 3.71. The van der Waals surface area contributed by atoms with Crippen molar-refractivity contribution >= 4 is 27.4 Å². The van der Waals surface area contributed by atoms with Gasteiger partial charge in [0.25, 0.3) is 0 Å². The fourth-order valence-electron chi connectivity index (χ4n) is 3.51. The Kier molecular flexibility index (Phi) is 4.97. The maximum atomic E-state index is 11.8. The summed E-state index contributed by atoms with van der Waals surface area (Å²) < 4.78 is 23.4. The predicted molar refractivity (Wildman–Crippen MR) is 111 cm³/mol. The molecule has 0 atom stereocenters. The minimum Gasteiger partial charge on any atom is -0.366 e. The lowest BCUT2D eigenvalue weighted by Crippen LogP contribution is -2.14. The monoisotopic (exact) mass is 392 g/mol. The van der Waals surface area contributed by atoms with E-state index in [2.05, 4.69) is 0 Å². The van der Waals surface area contributed by atoms with Crippen molar-refractivity contribution in [1.29, 1.82) is 5.26 Å². The molecule has 2 aromatic carbocycles. The maximum absolute atomic E-state index is 11.8. The van der Waals surface area contributed by atoms with E-state index in [0.29, 0.717) is 17.5 Å². The van der Waals surface area contributed by atoms with Gasteiger partial charge in [0, 0.05) is 11.8 Å². The summed E-state index contributed by atoms with van der Waals surface area (Å²) in [5.41, 5.74) is 12.7. The van der Waals surface area contributed by atoms with Crippen LogP contribution in [0.1, 0.15) is 40.9 Å². The van der Waals surface area contributed by atoms with Crippen molar-refractivity contribution in [2.45, 2.75) is 20.3 Å². The molecule has 0 fully saturated rings. The van der Waals surface area contributed by atoms with Crippen LogP contribution in [-0.2, 0) is 16.3 Å². The van der Waals surface area contributed by atoms with Gasteiger partial charge in [0.15, 0.2) is 9.84 Å². The molecule has 6 heteroatoms. The molecule has 0 saturated heterocycles. The van der Waals surface area contributed by atoms with E-state index in [1.54, 1.807) is 18.2 Å². The van der Waals surface area contributed by atoms with E-state index in [0.717, 1.165) is 34.1 Å². The summed E-state index contributed by atoms with van der Waals surface area (Å²) >= 11 is 0. The number of nitrogens with two attached hydrogens (primary N) is 1. The Balaban J connectivity index is 2.20. The molecule has 0 aromatic heterocycles. The molecule has 1 aliphatic rings. The molecule has 0 saturated carbocycles. The number of fused-ring (bicyclic) bond motifs is 1. The number of sulfone groups is 1. The molecular weight excluding hydrogens is 372 g/mol. The number of amides is 1. The average Bonchev–Trinajstić information content (AvgIpc) is 2.93. The second-order valence-corrected chi connectivity index (χ2v) is 8.96. The van der Waals surface area contributed by atoms with E-state index in [4.69, 9.17) is 11.0 Å². The summed E-state index contributed by atoms with van der Waals surface area (Å²) in [6.07, 6.45) is 3.06. The van der Waals surface area contributed by atoms with Crippen LogP contribution in [0.5, 0.6) is 0 Å². The van der Waals surface area contributed by atoms with Gasteiger partial charge in [-0.25, -0.2) is 8.42 Å². The third-order valence-electron chi connectivity index (χ3n) is 5.04. The molecule has 3 rings (SSSR count). The molecule has 0 spiro atoms. The lowest BCUT2D eigenvalue weighted by atomic mass is 9.90. The standard InChI is InChI=1S/C22H20N2O3S/c1-13-9-20-19(22(24)25)8-7-18(21(20)14(13)2)16-6-4-5-15(10-16)11-17(12-23)28(3,26)27/h4-8,10-11H,9H2,1-3H3,(H2,24,25)/b17-11+. The fraction of sp³-hybridized carbons (Fsp3) is 0.182. The third-order valence-corrected chi connectivity index (χ3v) is 6.05. The normalized spacial score (nSPS) is 14.0. The zero-order chi connectivity index (χ0) is 20.6. The van der Waals surface area contributed by atoms with Gasteiger partial charge in [-0.3, -0.25) is 4.79 Å². The maximum Gasteiger partial charge on any atom is 0.249 e. The molecule has 1 amide bonds. The first-order valence-corrected chi connectivity index (χ1v) is 10.6. The van der Waals surface area contributed by atoms with Crippen molar-refractivity contribution in [2.24, 2.45) is 5.73 Å². The van der Waals surface area contributed by atoms with Crippen LogP contribution in [0, 0.1) is 11.3 Å². The van der Waals surface area contributed by atoms with Crippen LogP contribution in [0.15, 0.2) is 46.9 Å². The first-order chi connectivity index (χ1) is 13.1. The van der Waals surface area contributed by atoms with E-state index in [-0.39, 0.29) is 4.91 Å². The highest BCUT2D eigenvalue weighted by molar-refractivity contribution is 7.95. The molecule has 142 valence electrons. The summed E-state index contributed by atoms with van der Waals surface area (Å²) in [6, 6.07) is 12.7. The third kappa shape index (κ3) is 3.49. The second-order valence-electron chi connectivity index (χ2n) is 6.98. The summed E-state index contributed by atoms with van der Waals surface area (Å²) in [4.78, 5) is 11.5. The number of allylic oxidation sites excluding steroid dienone is 3. The fourth-order valence-corrected chi connectivity index (χ4v) is 4.03. The van der Waals surface area contributed by atoms with Crippen molar-refractivity contribution in [3.63, 3.8) is 0 Å². The molecule has 5 nitrogen and oxygen atoms in total. The summed E-state index contributed by atoms with van der Waals surface area (Å²) in [7, 11) is -3.59. The van der Waals surface area contributed by atoms with Gasteiger partial charge in [0.2, 0.25) is 5.91 Å². The van der Waals surface area contributed by atoms with Crippen LogP contribution in [-0.4, -0.2) is 20.6 Å². The largest absolute Gasteiger partial charge is 0.366 e. The topological polar surface area (TPSA) is 101 Å². The van der Waals surface area contributed by atoms with E-state index >= 15 is 0 Å². The minimum atomic E-state index is -3.59. The van der Waals surface area contributed by atoms with Gasteiger partial charge in [-0.05, 0) is 71.9 Å². The molecule has 0 bridgehead atoms. The van der Waals surface area contributed by atoms with Gasteiger partial charge in [-0.1, -0.05) is 29.8 Å². The number of primary amides is 1. The van der Waals surface area contributed by atoms with Crippen molar-refractivity contribution in [2.75, 3.05) is 6.26 Å². The molecule has 28 heavy (non-hydrogen) atoms. The highest BCUT2D eigenvalue weighted by atomic mass is 32.2. The van der Waals surface area contributed by atoms with Gasteiger partial charge in [-0.15, -0.1) is 0 Å². The number of rotatable bonds is 4. The van der Waals surface area contributed by atoms with Crippen LogP contribution in [0.4, 0.5) is 0 Å². The van der Waals surface area contributed by atoms with Crippen LogP contribution >= 0.6 is 0 Å². The summed E-state index contributed by atoms with van der Waals surface area (Å²) in [6.45, 7) is 4.06. The molecule has 2 aromatic rings. The van der Waals surface area contributed by atoms with Crippen LogP contribution < -0.4 is 5.73 Å². The van der Waals surface area contributed by atoms with Crippen molar-refractivity contribution < 1.29 is 13.2 Å². The number of nitriles is 1. The highest BCUT2D eigenvalue weighted by Gasteiger charge is 2.24. The summed E-state index contributed by atoms with van der Waals surface area (Å²) in [5.74, 6) is -0.450. The average molecular weight is 392 g/mol. The first kappa shape index (κ1) is 19.6. The van der Waals surface area contributed by atoms with Gasteiger partial charge < -0.3 is 5.73 Å². The van der Waals surface area contributed by atoms with Crippen LogP contribution in [0.25, 0.3) is 22.8 Å². The van der Waals surface area contributed by atoms with Gasteiger partial charge in [0.1, 0.15) is 11.0 Å². The Morgan fingerprint density at radius 3 is 2.54 bits per heavy atom. The summed E-state index contributed by atoms with van der Waals surface area (Å²) in [5, 5.41) is 9.14. The van der Waals surface area contributed by atoms with Crippen molar-refractivity contribution in [1.82, 2.24) is 0 Å². The number of carbonyl (C=O) groups is 1. The zero-order valence-corrected chi connectivity index (χ0v) is 16.7. The Labute approximate surface area is 164 Å². The number of nitrogens with zero attached hydrogens (tertiary/aromatic N) is 1. The molecule has 2 N–H and O–H groups in total. The number of hydrogen-bond acceptors (Lipinski definition) is 4. The van der Waals surface area contributed by atoms with Gasteiger partial charge >= 0.3 is 0 Å². The molecule has 1 aliphatic carbocycles. The minimum absolute atomic E-state index is 0.286. The van der Waals surface area contributed by atoms with Crippen molar-refractivity contribution in [3.05, 3.63) is 69.1 Å². The Hall–Kier alpha value is -3.17. The SMILES string of the molecule is CC1=C(C)c2c(-c3cccc(/C=C(\C#N)S(C)(=O)=O)c3)ccc(C(N)=O)c2C1. The second kappa shape index (κ2) is 7.10. The van der Waals surface area contributed by atoms with Gasteiger partial charge in [0.05, 0.1) is 0 Å². The lowest BCUT2D eigenvalue weighted by Gasteiger charge is -2.14. The molecule has 0 aliphatic heterocycles. The quantitative estimate of drug-likeness (QED) is 0.801. The highest BCUT2D eigenvalue weighted by Crippen LogP contribution is 2.41. The zero-order valence-electron chi connectivity index (χ0n) is 15.9. The van der Waals surface area contributed by atoms with E-state index in [1.807, 2.05) is 38.1 Å². The van der Waals surface area contributed by atoms with E-state index in [1.165, 1.54) is 11.6 Å². The van der Waals surface area contributed by atoms with Crippen LogP contribution in [0.3, 0.4) is 0 Å². The van der Waals surface area contributed by atoms with Gasteiger partial charge in [-0.2, -0.15) is 5.26 Å². The Bertz CT molecular complexity index is 1210. The Morgan fingerprint density at radius 2 is 1.93 bits per heavy atom. The molecular formula is C22H20N2O3S. The number of benzene rings is 2. The lowest BCUT2D eigenvalue weighted by molar-refractivity contribution is 0.0999. The van der Waals surface area contributed by atoms with E-state index in [9.17, 15) is 13.2 Å². The van der Waals surface area contributed by atoms with Crippen molar-refractivity contribution in [3.8, 4) is 17.2 Å². The first-order valence-electron chi connectivity index (χ1n) is 8.68. The smallest absolute Gasteiger partial charge is 0.249 e. The number of hydrogen-bond donors (Lipinski definition) is 1.